The van der Waals surface area contributed by atoms with Crippen LogP contribution in [0.4, 0.5) is 0 Å². The Morgan fingerprint density at radius 1 is 1.18 bits per heavy atom. The molecule has 4 heterocycles. The topological polar surface area (TPSA) is 75.9 Å². The van der Waals surface area contributed by atoms with Crippen molar-refractivity contribution in [1.29, 1.82) is 0 Å². The van der Waals surface area contributed by atoms with Gasteiger partial charge < -0.3 is 10.2 Å². The van der Waals surface area contributed by atoms with Crippen LogP contribution in [-0.2, 0) is 0 Å². The van der Waals surface area contributed by atoms with Gasteiger partial charge in [-0.05, 0) is 44.7 Å². The van der Waals surface area contributed by atoms with Gasteiger partial charge in [-0.2, -0.15) is 0 Å². The Labute approximate surface area is 163 Å². The predicted octanol–water partition coefficient (Wildman–Crippen LogP) is 2.48. The van der Waals surface area contributed by atoms with Gasteiger partial charge in [-0.15, -0.1) is 5.10 Å². The van der Waals surface area contributed by atoms with E-state index < -0.39 is 0 Å². The minimum Gasteiger partial charge on any atom is -0.337 e. The maximum Gasteiger partial charge on any atom is 0.276 e. The monoisotopic (exact) mass is 376 g/mol. The Kier molecular flexibility index (Phi) is 4.12. The van der Waals surface area contributed by atoms with Crippen molar-refractivity contribution in [1.82, 2.24) is 30.2 Å². The molecule has 0 spiro atoms. The van der Waals surface area contributed by atoms with Crippen LogP contribution in [0.25, 0.3) is 16.6 Å². The molecule has 2 bridgehead atoms. The molecule has 2 aliphatic heterocycles. The van der Waals surface area contributed by atoms with E-state index >= 15 is 0 Å². The number of carbonyl (C=O) groups is 1. The highest BCUT2D eigenvalue weighted by atomic mass is 16.2. The first-order valence-electron chi connectivity index (χ1n) is 9.91. The number of fused-ring (bicyclic) bond motifs is 3. The number of para-hydroxylation sites is 1. The van der Waals surface area contributed by atoms with Crippen LogP contribution in [0, 0.1) is 6.92 Å². The maximum absolute atomic E-state index is 13.2. The third kappa shape index (κ3) is 2.77. The fourth-order valence-corrected chi connectivity index (χ4v) is 4.69. The summed E-state index contributed by atoms with van der Waals surface area (Å²) in [5, 5.41) is 13.2. The predicted molar refractivity (Wildman–Crippen MR) is 106 cm³/mol. The Morgan fingerprint density at radius 2 is 1.93 bits per heavy atom. The smallest absolute Gasteiger partial charge is 0.276 e. The number of carbonyl (C=O) groups excluding carboxylic acids is 1. The van der Waals surface area contributed by atoms with Crippen LogP contribution in [0.5, 0.6) is 0 Å². The van der Waals surface area contributed by atoms with Crippen LogP contribution in [-0.4, -0.2) is 56.0 Å². The van der Waals surface area contributed by atoms with Crippen molar-refractivity contribution < 1.29 is 4.79 Å². The minimum absolute atomic E-state index is 0.0526. The van der Waals surface area contributed by atoms with Crippen LogP contribution < -0.4 is 5.32 Å². The number of nitrogens with one attached hydrogen (secondary N) is 1. The van der Waals surface area contributed by atoms with Gasteiger partial charge in [0.05, 0.1) is 16.9 Å². The molecule has 1 amide bonds. The number of hydrogen-bond acceptors (Lipinski definition) is 5. The highest BCUT2D eigenvalue weighted by Crippen LogP contribution is 2.30. The molecule has 1 N–H and O–H groups in total. The molecule has 2 aliphatic rings. The largest absolute Gasteiger partial charge is 0.337 e. The molecule has 7 heteroatoms. The summed E-state index contributed by atoms with van der Waals surface area (Å²) in [5.41, 5.74) is 2.85. The summed E-state index contributed by atoms with van der Waals surface area (Å²) >= 11 is 0. The number of benzene rings is 1. The molecule has 0 aliphatic carbocycles. The quantitative estimate of drug-likeness (QED) is 0.760. The number of pyridine rings is 1. The summed E-state index contributed by atoms with van der Waals surface area (Å²) < 4.78 is 1.72. The standard InChI is InChI=1S/C21H24N6O/c1-13-19(21(28)26(2)17-11-15-8-9-16(12-17)23-15)24-25-27(13)18-7-3-5-14-6-4-10-22-20(14)18/h3-7,10,15-17,23H,8-9,11-12H2,1-2H3. The van der Waals surface area contributed by atoms with E-state index in [9.17, 15) is 4.79 Å². The van der Waals surface area contributed by atoms with E-state index in [-0.39, 0.29) is 11.9 Å². The molecule has 5 rings (SSSR count). The molecule has 2 fully saturated rings. The second kappa shape index (κ2) is 6.67. The van der Waals surface area contributed by atoms with Crippen LogP contribution >= 0.6 is 0 Å². The molecule has 3 aromatic rings. The second-order valence-electron chi connectivity index (χ2n) is 7.97. The molecule has 1 aromatic carbocycles. The third-order valence-corrected chi connectivity index (χ3v) is 6.25. The van der Waals surface area contributed by atoms with Crippen molar-refractivity contribution >= 4 is 16.8 Å². The Hall–Kier alpha value is -2.80. The van der Waals surface area contributed by atoms with Crippen molar-refractivity contribution in [3.63, 3.8) is 0 Å². The molecular weight excluding hydrogens is 352 g/mol. The molecule has 144 valence electrons. The highest BCUT2D eigenvalue weighted by molar-refractivity contribution is 5.94. The molecule has 2 saturated heterocycles. The Morgan fingerprint density at radius 3 is 2.71 bits per heavy atom. The first-order valence-corrected chi connectivity index (χ1v) is 9.91. The van der Waals surface area contributed by atoms with Gasteiger partial charge in [0.1, 0.15) is 0 Å². The Balaban J connectivity index is 1.46. The number of rotatable bonds is 3. The summed E-state index contributed by atoms with van der Waals surface area (Å²) in [7, 11) is 1.90. The molecule has 2 unspecified atom stereocenters. The molecule has 7 nitrogen and oxygen atoms in total. The summed E-state index contributed by atoms with van der Waals surface area (Å²) in [6.07, 6.45) is 6.22. The van der Waals surface area contributed by atoms with Gasteiger partial charge in [-0.3, -0.25) is 9.78 Å². The minimum atomic E-state index is -0.0526. The van der Waals surface area contributed by atoms with E-state index in [0.29, 0.717) is 17.8 Å². The number of piperidine rings is 1. The molecule has 28 heavy (non-hydrogen) atoms. The van der Waals surface area contributed by atoms with E-state index in [0.717, 1.165) is 35.1 Å². The summed E-state index contributed by atoms with van der Waals surface area (Å²) in [6.45, 7) is 1.90. The van der Waals surface area contributed by atoms with E-state index in [4.69, 9.17) is 0 Å². The SMILES string of the molecule is Cc1c(C(=O)N(C)C2CC3CCC(C2)N3)nnn1-c1cccc2cccnc12. The van der Waals surface area contributed by atoms with Gasteiger partial charge in [-0.1, -0.05) is 23.4 Å². The van der Waals surface area contributed by atoms with Crippen molar-refractivity contribution in [2.75, 3.05) is 7.05 Å². The summed E-state index contributed by atoms with van der Waals surface area (Å²) in [6, 6.07) is 11.2. The second-order valence-corrected chi connectivity index (χ2v) is 7.97. The zero-order valence-corrected chi connectivity index (χ0v) is 16.2. The van der Waals surface area contributed by atoms with Crippen LogP contribution in [0.15, 0.2) is 36.5 Å². The normalized spacial score (nSPS) is 23.9. The third-order valence-electron chi connectivity index (χ3n) is 6.25. The number of aromatic nitrogens is 4. The van der Waals surface area contributed by atoms with Gasteiger partial charge in [-0.25, -0.2) is 4.68 Å². The van der Waals surface area contributed by atoms with E-state index in [2.05, 4.69) is 20.6 Å². The van der Waals surface area contributed by atoms with Gasteiger partial charge in [0.15, 0.2) is 5.69 Å². The van der Waals surface area contributed by atoms with Crippen LogP contribution in [0.3, 0.4) is 0 Å². The number of nitrogens with zero attached hydrogens (tertiary/aromatic N) is 5. The van der Waals surface area contributed by atoms with E-state index in [1.165, 1.54) is 12.8 Å². The van der Waals surface area contributed by atoms with E-state index in [1.54, 1.807) is 10.9 Å². The van der Waals surface area contributed by atoms with Gasteiger partial charge in [0.2, 0.25) is 0 Å². The first-order chi connectivity index (χ1) is 13.6. The van der Waals surface area contributed by atoms with Gasteiger partial charge >= 0.3 is 0 Å². The van der Waals surface area contributed by atoms with E-state index in [1.807, 2.05) is 49.2 Å². The average Bonchev–Trinajstić information content (AvgIpc) is 3.27. The number of hydrogen-bond donors (Lipinski definition) is 1. The van der Waals surface area contributed by atoms with Crippen molar-refractivity contribution in [3.05, 3.63) is 47.9 Å². The van der Waals surface area contributed by atoms with Crippen LogP contribution in [0.1, 0.15) is 41.9 Å². The maximum atomic E-state index is 13.2. The van der Waals surface area contributed by atoms with Crippen LogP contribution in [0.2, 0.25) is 0 Å². The summed E-state index contributed by atoms with van der Waals surface area (Å²) in [5.74, 6) is -0.0526. The van der Waals surface area contributed by atoms with Gasteiger partial charge in [0.25, 0.3) is 5.91 Å². The highest BCUT2D eigenvalue weighted by Gasteiger charge is 2.37. The zero-order chi connectivity index (χ0) is 19.3. The average molecular weight is 376 g/mol. The van der Waals surface area contributed by atoms with Crippen molar-refractivity contribution in [2.45, 2.75) is 50.7 Å². The lowest BCUT2D eigenvalue weighted by Gasteiger charge is -2.35. The fourth-order valence-electron chi connectivity index (χ4n) is 4.69. The molecular formula is C21H24N6O. The fraction of sp³-hybridized carbons (Fsp3) is 0.429. The zero-order valence-electron chi connectivity index (χ0n) is 16.2. The molecule has 0 radical (unpaired) electrons. The summed E-state index contributed by atoms with van der Waals surface area (Å²) in [4.78, 5) is 19.5. The lowest BCUT2D eigenvalue weighted by molar-refractivity contribution is 0.0675. The molecule has 2 atom stereocenters. The molecule has 0 saturated carbocycles. The Bertz CT molecular complexity index is 1030. The van der Waals surface area contributed by atoms with Crippen molar-refractivity contribution in [2.24, 2.45) is 0 Å². The lowest BCUT2D eigenvalue weighted by atomic mass is 9.98. The number of amides is 1. The van der Waals surface area contributed by atoms with Gasteiger partial charge in [0, 0.05) is 36.8 Å². The first kappa shape index (κ1) is 17.3. The molecule has 2 aromatic heterocycles. The lowest BCUT2D eigenvalue weighted by Crippen LogP contribution is -2.48. The van der Waals surface area contributed by atoms with Crippen molar-refractivity contribution in [3.8, 4) is 5.69 Å².